The molecule has 0 aromatic heterocycles. The number of hydrogen-bond donors (Lipinski definition) is 0. The second-order valence-corrected chi connectivity index (χ2v) is 4.46. The van der Waals surface area contributed by atoms with Gasteiger partial charge in [-0.25, -0.2) is 0 Å². The Labute approximate surface area is 62.6 Å². The Kier molecular flexibility index (Phi) is 1.55. The fourth-order valence-corrected chi connectivity index (χ4v) is 2.50. The molecule has 0 nitrogen and oxygen atoms in total. The first-order valence-electron chi connectivity index (χ1n) is 3.62. The van der Waals surface area contributed by atoms with Crippen molar-refractivity contribution in [3.63, 3.8) is 0 Å². The molecule has 0 amide bonds. The highest BCUT2D eigenvalue weighted by molar-refractivity contribution is 6.23. The third kappa shape index (κ3) is 0.980. The summed E-state index contributed by atoms with van der Waals surface area (Å²) in [6, 6.07) is 0. The van der Waals surface area contributed by atoms with Gasteiger partial charge in [0.2, 0.25) is 0 Å². The van der Waals surface area contributed by atoms with E-state index in [2.05, 4.69) is 27.7 Å². The van der Waals surface area contributed by atoms with Gasteiger partial charge in [0.05, 0.1) is 0 Å². The summed E-state index contributed by atoms with van der Waals surface area (Å²) in [5.41, 5.74) is 0.412. The van der Waals surface area contributed by atoms with Crippen LogP contribution in [0.25, 0.3) is 0 Å². The van der Waals surface area contributed by atoms with Crippen LogP contribution < -0.4 is 0 Å². The summed E-state index contributed by atoms with van der Waals surface area (Å²) in [4.78, 5) is 0. The van der Waals surface area contributed by atoms with E-state index < -0.39 is 0 Å². The van der Waals surface area contributed by atoms with Crippen LogP contribution in [0.5, 0.6) is 0 Å². The standard InChI is InChI=1S/C8H15Cl/c1-5(2)6-7(9)8(6,3)4/h5-7H,1-4H3. The van der Waals surface area contributed by atoms with E-state index in [9.17, 15) is 0 Å². The van der Waals surface area contributed by atoms with Gasteiger partial charge < -0.3 is 0 Å². The summed E-state index contributed by atoms with van der Waals surface area (Å²) in [6.45, 7) is 8.98. The molecule has 54 valence electrons. The minimum Gasteiger partial charge on any atom is -0.122 e. The van der Waals surface area contributed by atoms with E-state index in [1.165, 1.54) is 0 Å². The van der Waals surface area contributed by atoms with E-state index in [4.69, 9.17) is 11.6 Å². The van der Waals surface area contributed by atoms with Gasteiger partial charge in [-0.15, -0.1) is 11.6 Å². The molecule has 1 rings (SSSR count). The molecule has 0 N–H and O–H groups in total. The van der Waals surface area contributed by atoms with Crippen LogP contribution in [0.1, 0.15) is 27.7 Å². The average Bonchev–Trinajstić information content (AvgIpc) is 2.07. The molecule has 0 aromatic rings. The highest BCUT2D eigenvalue weighted by atomic mass is 35.5. The Hall–Kier alpha value is 0.290. The summed E-state index contributed by atoms with van der Waals surface area (Å²) < 4.78 is 0. The van der Waals surface area contributed by atoms with Crippen molar-refractivity contribution in [3.05, 3.63) is 0 Å². The van der Waals surface area contributed by atoms with Crippen LogP contribution in [0, 0.1) is 17.3 Å². The molecule has 0 aliphatic heterocycles. The molecule has 2 unspecified atom stereocenters. The number of rotatable bonds is 1. The van der Waals surface area contributed by atoms with E-state index in [0.29, 0.717) is 10.8 Å². The first-order chi connectivity index (χ1) is 3.98. The van der Waals surface area contributed by atoms with Crippen molar-refractivity contribution in [2.24, 2.45) is 17.3 Å². The predicted octanol–water partition coefficient (Wildman–Crippen LogP) is 2.91. The smallest absolute Gasteiger partial charge is 0.0426 e. The first-order valence-corrected chi connectivity index (χ1v) is 4.05. The Morgan fingerprint density at radius 1 is 1.33 bits per heavy atom. The van der Waals surface area contributed by atoms with Crippen molar-refractivity contribution in [1.29, 1.82) is 0 Å². The Balaban J connectivity index is 2.52. The lowest BCUT2D eigenvalue weighted by Crippen LogP contribution is -1.96. The van der Waals surface area contributed by atoms with Crippen molar-refractivity contribution >= 4 is 11.6 Å². The van der Waals surface area contributed by atoms with Gasteiger partial charge in [-0.1, -0.05) is 27.7 Å². The average molecular weight is 147 g/mol. The third-order valence-electron chi connectivity index (χ3n) is 2.49. The van der Waals surface area contributed by atoms with Crippen LogP contribution in [0.4, 0.5) is 0 Å². The van der Waals surface area contributed by atoms with Crippen LogP contribution in [-0.2, 0) is 0 Å². The van der Waals surface area contributed by atoms with Crippen molar-refractivity contribution in [2.45, 2.75) is 33.1 Å². The second-order valence-electron chi connectivity index (χ2n) is 3.99. The maximum atomic E-state index is 6.04. The fraction of sp³-hybridized carbons (Fsp3) is 1.00. The molecule has 0 heterocycles. The van der Waals surface area contributed by atoms with Crippen LogP contribution >= 0.6 is 11.6 Å². The minimum absolute atomic E-state index is 0.412. The van der Waals surface area contributed by atoms with Gasteiger partial charge in [0.25, 0.3) is 0 Å². The van der Waals surface area contributed by atoms with Crippen molar-refractivity contribution < 1.29 is 0 Å². The quantitative estimate of drug-likeness (QED) is 0.499. The largest absolute Gasteiger partial charge is 0.122 e. The molecule has 0 radical (unpaired) electrons. The number of halogens is 1. The second kappa shape index (κ2) is 1.88. The van der Waals surface area contributed by atoms with Crippen molar-refractivity contribution in [3.8, 4) is 0 Å². The topological polar surface area (TPSA) is 0 Å². The first kappa shape index (κ1) is 7.40. The van der Waals surface area contributed by atoms with E-state index in [-0.39, 0.29) is 0 Å². The summed E-state index contributed by atoms with van der Waals surface area (Å²) >= 11 is 6.04. The number of alkyl halides is 1. The van der Waals surface area contributed by atoms with E-state index >= 15 is 0 Å². The zero-order chi connectivity index (χ0) is 7.23. The maximum absolute atomic E-state index is 6.04. The lowest BCUT2D eigenvalue weighted by atomic mass is 10.0. The molecule has 1 heteroatoms. The fourth-order valence-electron chi connectivity index (χ4n) is 1.81. The van der Waals surface area contributed by atoms with Gasteiger partial charge in [0.15, 0.2) is 0 Å². The SMILES string of the molecule is CC(C)C1C(Cl)C1(C)C. The van der Waals surface area contributed by atoms with Gasteiger partial charge >= 0.3 is 0 Å². The molecule has 1 saturated carbocycles. The molecule has 0 saturated heterocycles. The molecule has 0 bridgehead atoms. The highest BCUT2D eigenvalue weighted by Crippen LogP contribution is 2.59. The van der Waals surface area contributed by atoms with Gasteiger partial charge in [-0.3, -0.25) is 0 Å². The zero-order valence-electron chi connectivity index (χ0n) is 6.61. The molecule has 1 fully saturated rings. The Morgan fingerprint density at radius 2 is 1.67 bits per heavy atom. The zero-order valence-corrected chi connectivity index (χ0v) is 7.37. The van der Waals surface area contributed by atoms with Crippen molar-refractivity contribution in [1.82, 2.24) is 0 Å². The normalized spacial score (nSPS) is 39.3. The molecule has 9 heavy (non-hydrogen) atoms. The lowest BCUT2D eigenvalue weighted by Gasteiger charge is -2.03. The predicted molar refractivity (Wildman–Crippen MR) is 41.8 cm³/mol. The van der Waals surface area contributed by atoms with Crippen molar-refractivity contribution in [2.75, 3.05) is 0 Å². The lowest BCUT2D eigenvalue weighted by molar-refractivity contribution is 0.451. The van der Waals surface area contributed by atoms with Crippen LogP contribution in [0.2, 0.25) is 0 Å². The minimum atomic E-state index is 0.412. The molecular formula is C8H15Cl. The van der Waals surface area contributed by atoms with Gasteiger partial charge in [0, 0.05) is 5.38 Å². The van der Waals surface area contributed by atoms with E-state index in [1.54, 1.807) is 0 Å². The number of hydrogen-bond acceptors (Lipinski definition) is 0. The Bertz CT molecular complexity index is 116. The summed E-state index contributed by atoms with van der Waals surface area (Å²) in [5, 5.41) is 0.428. The molecule has 0 spiro atoms. The van der Waals surface area contributed by atoms with E-state index in [0.717, 1.165) is 11.8 Å². The summed E-state index contributed by atoms with van der Waals surface area (Å²) in [5.74, 6) is 1.50. The maximum Gasteiger partial charge on any atom is 0.0426 e. The molecule has 0 aromatic carbocycles. The summed E-state index contributed by atoms with van der Waals surface area (Å²) in [7, 11) is 0. The summed E-state index contributed by atoms with van der Waals surface area (Å²) in [6.07, 6.45) is 0. The third-order valence-corrected chi connectivity index (χ3v) is 3.33. The monoisotopic (exact) mass is 146 g/mol. The van der Waals surface area contributed by atoms with Crippen LogP contribution in [-0.4, -0.2) is 5.38 Å². The van der Waals surface area contributed by atoms with Gasteiger partial charge in [-0.05, 0) is 17.3 Å². The molecule has 1 aliphatic carbocycles. The van der Waals surface area contributed by atoms with Gasteiger partial charge in [0.1, 0.15) is 0 Å². The molecular weight excluding hydrogens is 132 g/mol. The highest BCUT2D eigenvalue weighted by Gasteiger charge is 2.57. The molecule has 1 aliphatic rings. The van der Waals surface area contributed by atoms with E-state index in [1.807, 2.05) is 0 Å². The van der Waals surface area contributed by atoms with Gasteiger partial charge in [-0.2, -0.15) is 0 Å². The molecule has 2 atom stereocenters. The Morgan fingerprint density at radius 3 is 1.67 bits per heavy atom. The van der Waals surface area contributed by atoms with Crippen LogP contribution in [0.15, 0.2) is 0 Å². The van der Waals surface area contributed by atoms with Crippen LogP contribution in [0.3, 0.4) is 0 Å².